The highest BCUT2D eigenvalue weighted by molar-refractivity contribution is 7.80. The number of hydrogen-bond donors (Lipinski definition) is 1. The van der Waals surface area contributed by atoms with E-state index in [0.717, 1.165) is 19.0 Å². The van der Waals surface area contributed by atoms with E-state index in [4.69, 9.17) is 18.0 Å². The van der Waals surface area contributed by atoms with Crippen LogP contribution in [0.15, 0.2) is 18.2 Å². The Morgan fingerprint density at radius 1 is 1.41 bits per heavy atom. The van der Waals surface area contributed by atoms with E-state index in [-0.39, 0.29) is 0 Å². The smallest absolute Gasteiger partial charge is 0.130 e. The van der Waals surface area contributed by atoms with Crippen LogP contribution >= 0.6 is 12.2 Å². The molecule has 0 aliphatic heterocycles. The summed E-state index contributed by atoms with van der Waals surface area (Å²) < 4.78 is 26.2. The van der Waals surface area contributed by atoms with Crippen LogP contribution in [0, 0.1) is 11.6 Å². The molecule has 0 saturated heterocycles. The number of nitrogens with two attached hydrogens (primary N) is 1. The van der Waals surface area contributed by atoms with E-state index in [9.17, 15) is 8.78 Å². The van der Waals surface area contributed by atoms with Gasteiger partial charge >= 0.3 is 0 Å². The minimum absolute atomic E-state index is 0.376. The Morgan fingerprint density at radius 3 is 2.65 bits per heavy atom. The molecule has 0 amide bonds. The van der Waals surface area contributed by atoms with Crippen LogP contribution in [-0.4, -0.2) is 23.0 Å². The lowest BCUT2D eigenvalue weighted by Crippen LogP contribution is -2.33. The topological polar surface area (TPSA) is 29.3 Å². The van der Waals surface area contributed by atoms with Gasteiger partial charge in [-0.2, -0.15) is 0 Å². The Labute approximate surface area is 105 Å². The van der Waals surface area contributed by atoms with E-state index in [1.165, 1.54) is 12.1 Å². The summed E-state index contributed by atoms with van der Waals surface area (Å²) in [6.07, 6.45) is 0.922. The van der Waals surface area contributed by atoms with Gasteiger partial charge in [-0.3, -0.25) is 4.90 Å². The molecular formula is C12H16F2N2S. The SMILES string of the molecule is CCCN(CC(N)=S)Cc1ccc(F)cc1F. The maximum absolute atomic E-state index is 13.5. The molecule has 1 rings (SSSR count). The summed E-state index contributed by atoms with van der Waals surface area (Å²) in [7, 11) is 0. The van der Waals surface area contributed by atoms with Gasteiger partial charge in [0.2, 0.25) is 0 Å². The van der Waals surface area contributed by atoms with Gasteiger partial charge in [-0.1, -0.05) is 25.2 Å². The number of nitrogens with zero attached hydrogens (tertiary/aromatic N) is 1. The molecule has 0 aromatic heterocycles. The van der Waals surface area contributed by atoms with E-state index in [1.54, 1.807) is 0 Å². The van der Waals surface area contributed by atoms with Crippen molar-refractivity contribution in [3.63, 3.8) is 0 Å². The number of hydrogen-bond acceptors (Lipinski definition) is 2. The maximum atomic E-state index is 13.5. The molecule has 0 aliphatic carbocycles. The van der Waals surface area contributed by atoms with Crippen LogP contribution < -0.4 is 5.73 Å². The molecule has 0 heterocycles. The Hall–Kier alpha value is -1.07. The first-order chi connectivity index (χ1) is 8.02. The van der Waals surface area contributed by atoms with Crippen LogP contribution in [0.4, 0.5) is 8.78 Å². The molecular weight excluding hydrogens is 242 g/mol. The van der Waals surface area contributed by atoms with Gasteiger partial charge in [0.1, 0.15) is 11.6 Å². The molecule has 1 aromatic rings. The summed E-state index contributed by atoms with van der Waals surface area (Å²) in [5, 5.41) is 0. The second-order valence-corrected chi connectivity index (χ2v) is 4.44. The maximum Gasteiger partial charge on any atom is 0.130 e. The highest BCUT2D eigenvalue weighted by atomic mass is 32.1. The van der Waals surface area contributed by atoms with Gasteiger partial charge in [0.25, 0.3) is 0 Å². The van der Waals surface area contributed by atoms with Crippen molar-refractivity contribution in [1.29, 1.82) is 0 Å². The third-order valence-corrected chi connectivity index (χ3v) is 2.46. The van der Waals surface area contributed by atoms with Crippen molar-refractivity contribution in [3.05, 3.63) is 35.4 Å². The molecule has 0 atom stereocenters. The Kier molecular flexibility index (Phi) is 5.44. The molecule has 1 aromatic carbocycles. The van der Waals surface area contributed by atoms with Crippen LogP contribution in [0.25, 0.3) is 0 Å². The fourth-order valence-corrected chi connectivity index (χ4v) is 1.82. The molecule has 17 heavy (non-hydrogen) atoms. The Morgan fingerprint density at radius 2 is 2.12 bits per heavy atom. The van der Waals surface area contributed by atoms with E-state index in [1.807, 2.05) is 11.8 Å². The predicted molar refractivity (Wildman–Crippen MR) is 68.7 cm³/mol. The van der Waals surface area contributed by atoms with Crippen LogP contribution in [-0.2, 0) is 6.54 Å². The van der Waals surface area contributed by atoms with Crippen LogP contribution in [0.3, 0.4) is 0 Å². The number of halogens is 2. The lowest BCUT2D eigenvalue weighted by atomic mass is 10.2. The zero-order valence-electron chi connectivity index (χ0n) is 9.75. The molecule has 0 radical (unpaired) electrons. The lowest BCUT2D eigenvalue weighted by Gasteiger charge is -2.21. The van der Waals surface area contributed by atoms with E-state index in [2.05, 4.69) is 0 Å². The van der Waals surface area contributed by atoms with Crippen LogP contribution in [0.2, 0.25) is 0 Å². The lowest BCUT2D eigenvalue weighted by molar-refractivity contribution is 0.299. The molecule has 5 heteroatoms. The second kappa shape index (κ2) is 6.61. The van der Waals surface area contributed by atoms with Crippen molar-refractivity contribution in [2.75, 3.05) is 13.1 Å². The zero-order valence-corrected chi connectivity index (χ0v) is 10.6. The number of rotatable bonds is 6. The fraction of sp³-hybridized carbons (Fsp3) is 0.417. The number of thiocarbonyl (C=S) groups is 1. The first-order valence-corrected chi connectivity index (χ1v) is 5.88. The van der Waals surface area contributed by atoms with E-state index in [0.29, 0.717) is 23.6 Å². The van der Waals surface area contributed by atoms with Gasteiger partial charge in [-0.15, -0.1) is 0 Å². The monoisotopic (exact) mass is 258 g/mol. The van der Waals surface area contributed by atoms with Crippen LogP contribution in [0.5, 0.6) is 0 Å². The first kappa shape index (κ1) is 14.0. The highest BCUT2D eigenvalue weighted by Crippen LogP contribution is 2.12. The standard InChI is InChI=1S/C12H16F2N2S/c1-2-5-16(8-12(15)17)7-9-3-4-10(13)6-11(9)14/h3-4,6H,2,5,7-8H2,1H3,(H2,15,17). The molecule has 2 nitrogen and oxygen atoms in total. The summed E-state index contributed by atoms with van der Waals surface area (Å²) in [5.41, 5.74) is 5.93. The van der Waals surface area contributed by atoms with Crippen LogP contribution in [0.1, 0.15) is 18.9 Å². The average Bonchev–Trinajstić information content (AvgIpc) is 2.21. The molecule has 0 saturated carbocycles. The van der Waals surface area contributed by atoms with Crippen molar-refractivity contribution in [2.45, 2.75) is 19.9 Å². The average molecular weight is 258 g/mol. The fourth-order valence-electron chi connectivity index (χ4n) is 1.64. The van der Waals surface area contributed by atoms with Gasteiger partial charge in [-0.25, -0.2) is 8.78 Å². The highest BCUT2D eigenvalue weighted by Gasteiger charge is 2.10. The van der Waals surface area contributed by atoms with Crippen molar-refractivity contribution in [1.82, 2.24) is 4.90 Å². The summed E-state index contributed by atoms with van der Waals surface area (Å²) >= 11 is 4.84. The molecule has 0 spiro atoms. The molecule has 2 N–H and O–H groups in total. The van der Waals surface area contributed by atoms with Gasteiger partial charge in [-0.05, 0) is 19.0 Å². The van der Waals surface area contributed by atoms with Crippen molar-refractivity contribution in [3.8, 4) is 0 Å². The molecule has 0 fully saturated rings. The minimum Gasteiger partial charge on any atom is -0.392 e. The van der Waals surface area contributed by atoms with Crippen molar-refractivity contribution >= 4 is 17.2 Å². The Balaban J connectivity index is 2.74. The largest absolute Gasteiger partial charge is 0.392 e. The molecule has 0 aliphatic rings. The predicted octanol–water partition coefficient (Wildman–Crippen LogP) is 2.46. The zero-order chi connectivity index (χ0) is 12.8. The molecule has 0 bridgehead atoms. The summed E-state index contributed by atoms with van der Waals surface area (Å²) in [6, 6.07) is 3.59. The summed E-state index contributed by atoms with van der Waals surface area (Å²) in [6.45, 7) is 3.62. The van der Waals surface area contributed by atoms with Crippen molar-refractivity contribution in [2.24, 2.45) is 5.73 Å². The minimum atomic E-state index is -0.567. The third-order valence-electron chi connectivity index (χ3n) is 2.33. The number of benzene rings is 1. The third kappa shape index (κ3) is 4.75. The molecule has 0 unspecified atom stereocenters. The van der Waals surface area contributed by atoms with E-state index < -0.39 is 11.6 Å². The quantitative estimate of drug-likeness (QED) is 0.795. The van der Waals surface area contributed by atoms with Gasteiger partial charge < -0.3 is 5.73 Å². The summed E-state index contributed by atoms with van der Waals surface area (Å²) in [4.78, 5) is 2.32. The van der Waals surface area contributed by atoms with E-state index >= 15 is 0 Å². The normalized spacial score (nSPS) is 10.8. The van der Waals surface area contributed by atoms with Gasteiger partial charge in [0.15, 0.2) is 0 Å². The second-order valence-electron chi connectivity index (χ2n) is 3.91. The van der Waals surface area contributed by atoms with Crippen molar-refractivity contribution < 1.29 is 8.78 Å². The van der Waals surface area contributed by atoms with Gasteiger partial charge in [0.05, 0.1) is 4.99 Å². The summed E-state index contributed by atoms with van der Waals surface area (Å²) in [5.74, 6) is -1.10. The molecule has 94 valence electrons. The Bertz CT molecular complexity index is 396. The first-order valence-electron chi connectivity index (χ1n) is 5.47. The van der Waals surface area contributed by atoms with Gasteiger partial charge in [0, 0.05) is 24.7 Å².